The molecule has 0 saturated heterocycles. The Morgan fingerprint density at radius 1 is 1.15 bits per heavy atom. The van der Waals surface area contributed by atoms with Gasteiger partial charge in [-0.3, -0.25) is 0 Å². The number of aromatic nitrogens is 2. The van der Waals surface area contributed by atoms with Crippen molar-refractivity contribution in [2.75, 3.05) is 0 Å². The highest BCUT2D eigenvalue weighted by molar-refractivity contribution is 5.19. The summed E-state index contributed by atoms with van der Waals surface area (Å²) in [5, 5.41) is 3.75. The molecule has 2 aromatic rings. The van der Waals surface area contributed by atoms with E-state index in [1.54, 1.807) is 0 Å². The van der Waals surface area contributed by atoms with E-state index in [4.69, 9.17) is 0 Å². The minimum absolute atomic E-state index is 0.410. The molecule has 0 aliphatic rings. The molecule has 3 nitrogen and oxygen atoms in total. The van der Waals surface area contributed by atoms with Crippen LogP contribution in [0.15, 0.2) is 49.1 Å². The van der Waals surface area contributed by atoms with E-state index in [0.717, 1.165) is 13.0 Å². The van der Waals surface area contributed by atoms with Crippen LogP contribution in [0.2, 0.25) is 0 Å². The molecular formula is C17H25N3. The van der Waals surface area contributed by atoms with Crippen molar-refractivity contribution in [2.45, 2.75) is 45.8 Å². The molecule has 2 rings (SSSR count). The van der Waals surface area contributed by atoms with E-state index in [2.05, 4.69) is 66.0 Å². The third kappa shape index (κ3) is 4.49. The first-order valence-electron chi connectivity index (χ1n) is 7.42. The molecule has 0 saturated carbocycles. The molecule has 2 atom stereocenters. The molecule has 108 valence electrons. The van der Waals surface area contributed by atoms with Crippen LogP contribution in [0.5, 0.6) is 0 Å². The van der Waals surface area contributed by atoms with Gasteiger partial charge in [-0.05, 0) is 24.8 Å². The van der Waals surface area contributed by atoms with Gasteiger partial charge in [0.15, 0.2) is 0 Å². The van der Waals surface area contributed by atoms with Gasteiger partial charge in [0.25, 0.3) is 0 Å². The van der Waals surface area contributed by atoms with Crippen molar-refractivity contribution in [2.24, 2.45) is 5.92 Å². The lowest BCUT2D eigenvalue weighted by Crippen LogP contribution is -2.34. The highest BCUT2D eigenvalue weighted by Crippen LogP contribution is 2.21. The Kier molecular flexibility index (Phi) is 5.36. The third-order valence-electron chi connectivity index (χ3n) is 3.44. The van der Waals surface area contributed by atoms with E-state index < -0.39 is 0 Å². The predicted molar refractivity (Wildman–Crippen MR) is 83.5 cm³/mol. The van der Waals surface area contributed by atoms with E-state index in [1.807, 2.05) is 18.7 Å². The molecule has 20 heavy (non-hydrogen) atoms. The summed E-state index contributed by atoms with van der Waals surface area (Å²) < 4.78 is 2.12. The number of hydrogen-bond donors (Lipinski definition) is 1. The van der Waals surface area contributed by atoms with Crippen LogP contribution in [0.1, 0.15) is 38.8 Å². The number of hydrogen-bond acceptors (Lipinski definition) is 2. The van der Waals surface area contributed by atoms with Crippen LogP contribution in [0.25, 0.3) is 0 Å². The number of rotatable bonds is 7. The molecule has 1 N–H and O–H groups in total. The van der Waals surface area contributed by atoms with Crippen LogP contribution in [0, 0.1) is 5.92 Å². The van der Waals surface area contributed by atoms with Gasteiger partial charge in [0.05, 0.1) is 6.33 Å². The average molecular weight is 271 g/mol. The number of imidazole rings is 1. The number of benzene rings is 1. The van der Waals surface area contributed by atoms with Crippen molar-refractivity contribution in [1.82, 2.24) is 14.9 Å². The van der Waals surface area contributed by atoms with Crippen LogP contribution in [0.3, 0.4) is 0 Å². The second-order valence-electron chi connectivity index (χ2n) is 5.92. The Bertz CT molecular complexity index is 476. The molecular weight excluding hydrogens is 246 g/mol. The van der Waals surface area contributed by atoms with Gasteiger partial charge >= 0.3 is 0 Å². The van der Waals surface area contributed by atoms with E-state index in [-0.39, 0.29) is 0 Å². The minimum Gasteiger partial charge on any atom is -0.336 e. The van der Waals surface area contributed by atoms with E-state index in [1.165, 1.54) is 5.56 Å². The SMILES string of the molecule is CC(C)CC(NC(C)Cn1ccnc1)c1ccccc1. The molecule has 0 amide bonds. The van der Waals surface area contributed by atoms with Crippen LogP contribution in [0.4, 0.5) is 0 Å². The fraction of sp³-hybridized carbons (Fsp3) is 0.471. The fourth-order valence-corrected chi connectivity index (χ4v) is 2.56. The van der Waals surface area contributed by atoms with Gasteiger partial charge in [0.2, 0.25) is 0 Å². The summed E-state index contributed by atoms with van der Waals surface area (Å²) in [7, 11) is 0. The van der Waals surface area contributed by atoms with Crippen molar-refractivity contribution in [3.05, 3.63) is 54.6 Å². The largest absolute Gasteiger partial charge is 0.336 e. The monoisotopic (exact) mass is 271 g/mol. The lowest BCUT2D eigenvalue weighted by molar-refractivity contribution is 0.366. The van der Waals surface area contributed by atoms with Crippen molar-refractivity contribution < 1.29 is 0 Å². The fourth-order valence-electron chi connectivity index (χ4n) is 2.56. The molecule has 2 unspecified atom stereocenters. The number of nitrogens with zero attached hydrogens (tertiary/aromatic N) is 2. The Morgan fingerprint density at radius 2 is 1.90 bits per heavy atom. The van der Waals surface area contributed by atoms with Crippen LogP contribution in [-0.4, -0.2) is 15.6 Å². The van der Waals surface area contributed by atoms with Gasteiger partial charge in [-0.15, -0.1) is 0 Å². The summed E-state index contributed by atoms with van der Waals surface area (Å²) in [5.41, 5.74) is 1.37. The summed E-state index contributed by atoms with van der Waals surface area (Å²) in [5.74, 6) is 0.674. The van der Waals surface area contributed by atoms with Gasteiger partial charge in [-0.2, -0.15) is 0 Å². The Balaban J connectivity index is 2.00. The molecule has 0 aliphatic heterocycles. The molecule has 0 bridgehead atoms. The standard InChI is InChI=1S/C17H25N3/c1-14(2)11-17(16-7-5-4-6-8-16)19-15(3)12-20-10-9-18-13-20/h4-10,13-15,17,19H,11-12H2,1-3H3. The molecule has 0 fully saturated rings. The highest BCUT2D eigenvalue weighted by atomic mass is 15.1. The molecule has 0 aliphatic carbocycles. The minimum atomic E-state index is 0.410. The topological polar surface area (TPSA) is 29.9 Å². The summed E-state index contributed by atoms with van der Waals surface area (Å²) in [4.78, 5) is 4.10. The van der Waals surface area contributed by atoms with E-state index in [0.29, 0.717) is 18.0 Å². The molecule has 1 aromatic heterocycles. The van der Waals surface area contributed by atoms with Gasteiger partial charge in [-0.1, -0.05) is 44.2 Å². The van der Waals surface area contributed by atoms with Crippen molar-refractivity contribution in [1.29, 1.82) is 0 Å². The lowest BCUT2D eigenvalue weighted by Gasteiger charge is -2.25. The van der Waals surface area contributed by atoms with Crippen LogP contribution >= 0.6 is 0 Å². The van der Waals surface area contributed by atoms with Gasteiger partial charge in [0, 0.05) is 31.0 Å². The Morgan fingerprint density at radius 3 is 2.50 bits per heavy atom. The first kappa shape index (κ1) is 14.8. The van der Waals surface area contributed by atoms with Crippen molar-refractivity contribution >= 4 is 0 Å². The van der Waals surface area contributed by atoms with E-state index >= 15 is 0 Å². The highest BCUT2D eigenvalue weighted by Gasteiger charge is 2.15. The molecule has 3 heteroatoms. The van der Waals surface area contributed by atoms with Gasteiger partial charge in [0.1, 0.15) is 0 Å². The smallest absolute Gasteiger partial charge is 0.0946 e. The maximum atomic E-state index is 4.10. The van der Waals surface area contributed by atoms with E-state index in [9.17, 15) is 0 Å². The second kappa shape index (κ2) is 7.25. The van der Waals surface area contributed by atoms with Gasteiger partial charge < -0.3 is 9.88 Å². The maximum absolute atomic E-state index is 4.10. The summed E-state index contributed by atoms with van der Waals surface area (Å²) in [6, 6.07) is 11.6. The Labute approximate surface area is 122 Å². The first-order chi connectivity index (χ1) is 9.65. The molecule has 0 radical (unpaired) electrons. The Hall–Kier alpha value is -1.61. The van der Waals surface area contributed by atoms with Crippen molar-refractivity contribution in [3.63, 3.8) is 0 Å². The zero-order valence-electron chi connectivity index (χ0n) is 12.7. The first-order valence-corrected chi connectivity index (χ1v) is 7.42. The molecule has 0 spiro atoms. The van der Waals surface area contributed by atoms with Crippen LogP contribution < -0.4 is 5.32 Å². The zero-order chi connectivity index (χ0) is 14.4. The zero-order valence-corrected chi connectivity index (χ0v) is 12.7. The third-order valence-corrected chi connectivity index (χ3v) is 3.44. The summed E-state index contributed by atoms with van der Waals surface area (Å²) in [6.45, 7) is 7.73. The normalized spacial score (nSPS) is 14.4. The maximum Gasteiger partial charge on any atom is 0.0946 e. The quantitative estimate of drug-likeness (QED) is 0.833. The van der Waals surface area contributed by atoms with Gasteiger partial charge in [-0.25, -0.2) is 4.98 Å². The average Bonchev–Trinajstić information content (AvgIpc) is 2.91. The van der Waals surface area contributed by atoms with Crippen molar-refractivity contribution in [3.8, 4) is 0 Å². The summed E-state index contributed by atoms with van der Waals surface area (Å²) >= 11 is 0. The second-order valence-corrected chi connectivity index (χ2v) is 5.92. The molecule has 1 heterocycles. The predicted octanol–water partition coefficient (Wildman–Crippen LogP) is 3.65. The lowest BCUT2D eigenvalue weighted by atomic mass is 9.96. The summed E-state index contributed by atoms with van der Waals surface area (Å²) in [6.07, 6.45) is 6.87. The van der Waals surface area contributed by atoms with Crippen LogP contribution in [-0.2, 0) is 6.54 Å². The molecule has 1 aromatic carbocycles. The number of nitrogens with one attached hydrogen (secondary N) is 1.